The average molecular weight is 274 g/mol. The summed E-state index contributed by atoms with van der Waals surface area (Å²) in [6.45, 7) is 22.5. The molecule has 0 fully saturated rings. The van der Waals surface area contributed by atoms with Crippen LogP contribution in [0.4, 0.5) is 0 Å². The molecule has 84 valence electrons. The van der Waals surface area contributed by atoms with Gasteiger partial charge in [0.25, 0.3) is 0 Å². The minimum atomic E-state index is 0. The molecule has 0 aliphatic rings. The standard InChI is InChI=1S/C5H11.2C4H9.Y/c1-5(2,3)4;2*1-4(2)3;/h1H2,2-4H3;2*1-3H3;/q3*-1;+3. The molecule has 0 aromatic heterocycles. The van der Waals surface area contributed by atoms with E-state index >= 15 is 0 Å². The van der Waals surface area contributed by atoms with Gasteiger partial charge in [0.1, 0.15) is 0 Å². The molecule has 0 saturated heterocycles. The van der Waals surface area contributed by atoms with E-state index in [9.17, 15) is 0 Å². The quantitative estimate of drug-likeness (QED) is 0.539. The maximum atomic E-state index is 3.77. The predicted octanol–water partition coefficient (Wildman–Crippen LogP) is 5.11. The molecule has 0 unspecified atom stereocenters. The first kappa shape index (κ1) is 24.4. The van der Waals surface area contributed by atoms with Crippen molar-refractivity contribution in [3.63, 3.8) is 0 Å². The molecule has 0 aliphatic heterocycles. The Morgan fingerprint density at radius 3 is 0.714 bits per heavy atom. The van der Waals surface area contributed by atoms with Gasteiger partial charge in [0.2, 0.25) is 0 Å². The molecule has 0 spiro atoms. The van der Waals surface area contributed by atoms with Crippen LogP contribution in [-0.4, -0.2) is 0 Å². The normalized spacial score (nSPS) is 9.43. The van der Waals surface area contributed by atoms with Gasteiger partial charge in [-0.05, 0) is 0 Å². The summed E-state index contributed by atoms with van der Waals surface area (Å²) in [5.41, 5.74) is 0.250. The Labute approximate surface area is 119 Å². The van der Waals surface area contributed by atoms with Crippen LogP contribution in [0.2, 0.25) is 0 Å². The van der Waals surface area contributed by atoms with Crippen molar-refractivity contribution in [1.29, 1.82) is 0 Å². The third kappa shape index (κ3) is 1580. The van der Waals surface area contributed by atoms with Crippen molar-refractivity contribution in [1.82, 2.24) is 0 Å². The summed E-state index contributed by atoms with van der Waals surface area (Å²) in [7, 11) is 0. The van der Waals surface area contributed by atoms with Gasteiger partial charge in [-0.3, -0.25) is 0 Å². The molecule has 1 heteroatoms. The number of rotatable bonds is 0. The molecule has 14 heavy (non-hydrogen) atoms. The summed E-state index contributed by atoms with van der Waals surface area (Å²) in [5, 5.41) is 0. The van der Waals surface area contributed by atoms with E-state index in [-0.39, 0.29) is 38.1 Å². The molecule has 0 heterocycles. The van der Waals surface area contributed by atoms with Crippen LogP contribution < -0.4 is 0 Å². The van der Waals surface area contributed by atoms with Crippen molar-refractivity contribution in [2.75, 3.05) is 0 Å². The Bertz CT molecular complexity index is 60.2. The van der Waals surface area contributed by atoms with Crippen LogP contribution in [0.3, 0.4) is 0 Å². The molecule has 0 atom stereocenters. The van der Waals surface area contributed by atoms with E-state index < -0.39 is 0 Å². The van der Waals surface area contributed by atoms with Crippen LogP contribution in [-0.2, 0) is 32.7 Å². The summed E-state index contributed by atoms with van der Waals surface area (Å²) < 4.78 is 0. The summed E-state index contributed by atoms with van der Waals surface area (Å²) in [6, 6.07) is 0. The number of hydrogen-bond acceptors (Lipinski definition) is 0. The van der Waals surface area contributed by atoms with Gasteiger partial charge in [-0.25, -0.2) is 0 Å². The second-order valence-electron chi connectivity index (χ2n) is 5.56. The van der Waals surface area contributed by atoms with Crippen molar-refractivity contribution in [3.05, 3.63) is 18.8 Å². The van der Waals surface area contributed by atoms with Crippen LogP contribution in [0.15, 0.2) is 0 Å². The van der Waals surface area contributed by atoms with E-state index in [4.69, 9.17) is 0 Å². The van der Waals surface area contributed by atoms with E-state index in [0.717, 1.165) is 0 Å². The Kier molecular flexibility index (Phi) is 24.5. The van der Waals surface area contributed by atoms with Crippen molar-refractivity contribution in [2.45, 2.75) is 62.3 Å². The zero-order valence-corrected chi connectivity index (χ0v) is 14.6. The molecule has 0 bridgehead atoms. The van der Waals surface area contributed by atoms with E-state index in [1.165, 1.54) is 11.8 Å². The van der Waals surface area contributed by atoms with E-state index in [1.54, 1.807) is 0 Å². The Morgan fingerprint density at radius 2 is 0.714 bits per heavy atom. The fraction of sp³-hybridized carbons (Fsp3) is 0.769. The molecule has 0 saturated carbocycles. The van der Waals surface area contributed by atoms with Gasteiger partial charge in [-0.15, -0.1) is 0 Å². The maximum absolute atomic E-state index is 3.77. The Balaban J connectivity index is -0.0000000522. The minimum Gasteiger partial charge on any atom is -0.338 e. The first-order valence-corrected chi connectivity index (χ1v) is 4.85. The molecule has 0 radical (unpaired) electrons. The molecular weight excluding hydrogens is 245 g/mol. The van der Waals surface area contributed by atoms with Gasteiger partial charge in [-0.2, -0.15) is 47.0 Å². The van der Waals surface area contributed by atoms with Gasteiger partial charge in [0, 0.05) is 0 Å². The van der Waals surface area contributed by atoms with Crippen molar-refractivity contribution >= 4 is 0 Å². The van der Waals surface area contributed by atoms with Crippen LogP contribution in [0.5, 0.6) is 0 Å². The van der Waals surface area contributed by atoms with E-state index in [2.05, 4.69) is 69.2 Å². The van der Waals surface area contributed by atoms with Crippen molar-refractivity contribution < 1.29 is 32.7 Å². The molecular formula is C13H29Y. The van der Waals surface area contributed by atoms with Gasteiger partial charge >= 0.3 is 32.7 Å². The molecule has 0 N–H and O–H groups in total. The van der Waals surface area contributed by atoms with Gasteiger partial charge in [-0.1, -0.05) is 20.8 Å². The molecule has 0 aromatic rings. The zero-order chi connectivity index (χ0) is 11.7. The molecule has 0 amide bonds. The smallest absolute Gasteiger partial charge is 0.338 e. The zero-order valence-electron chi connectivity index (χ0n) is 11.8. The molecule has 0 aliphatic carbocycles. The Morgan fingerprint density at radius 1 is 0.714 bits per heavy atom. The summed E-state index contributed by atoms with van der Waals surface area (Å²) in [5.74, 6) is 2.83. The summed E-state index contributed by atoms with van der Waals surface area (Å²) in [4.78, 5) is 0. The average Bonchev–Trinajstić information content (AvgIpc) is 1.50. The van der Waals surface area contributed by atoms with Gasteiger partial charge in [0.15, 0.2) is 0 Å². The summed E-state index contributed by atoms with van der Waals surface area (Å²) >= 11 is 0. The van der Waals surface area contributed by atoms with Crippen molar-refractivity contribution in [3.8, 4) is 0 Å². The first-order valence-electron chi connectivity index (χ1n) is 4.85. The third-order valence-corrected chi connectivity index (χ3v) is 0. The van der Waals surface area contributed by atoms with Crippen LogP contribution in [0, 0.1) is 24.2 Å². The predicted molar refractivity (Wildman–Crippen MR) is 65.3 cm³/mol. The van der Waals surface area contributed by atoms with Crippen LogP contribution in [0.25, 0.3) is 0 Å². The molecule has 0 aromatic carbocycles. The molecule has 0 nitrogen and oxygen atoms in total. The summed E-state index contributed by atoms with van der Waals surface area (Å²) in [6.07, 6.45) is 0. The van der Waals surface area contributed by atoms with Crippen LogP contribution in [0.1, 0.15) is 62.3 Å². The minimum absolute atomic E-state index is 0. The largest absolute Gasteiger partial charge is 3.00 e. The van der Waals surface area contributed by atoms with Crippen LogP contribution >= 0.6 is 0 Å². The maximum Gasteiger partial charge on any atom is 3.00 e. The van der Waals surface area contributed by atoms with Gasteiger partial charge in [0.05, 0.1) is 0 Å². The topological polar surface area (TPSA) is 0 Å². The second kappa shape index (κ2) is 14.1. The monoisotopic (exact) mass is 274 g/mol. The van der Waals surface area contributed by atoms with Crippen molar-refractivity contribution in [2.24, 2.45) is 5.41 Å². The number of hydrogen-bond donors (Lipinski definition) is 0. The SMILES string of the molecule is C[C-](C)C.C[C-](C)C.[CH2-]C(C)(C)C.[Y+3]. The second-order valence-corrected chi connectivity index (χ2v) is 5.56. The third-order valence-electron chi connectivity index (χ3n) is 0. The van der Waals surface area contributed by atoms with Gasteiger partial charge < -0.3 is 18.8 Å². The fourth-order valence-electron chi connectivity index (χ4n) is 0. The van der Waals surface area contributed by atoms with E-state index in [1.807, 2.05) is 0 Å². The molecule has 0 rings (SSSR count). The Hall–Kier alpha value is 1.10. The van der Waals surface area contributed by atoms with E-state index in [0.29, 0.717) is 0 Å². The first-order chi connectivity index (χ1) is 5.46. The fourth-order valence-corrected chi connectivity index (χ4v) is 0.